The highest BCUT2D eigenvalue weighted by Crippen LogP contribution is 2.45. The molecule has 2 N–H and O–H groups in total. The van der Waals surface area contributed by atoms with Crippen molar-refractivity contribution >= 4 is 27.6 Å². The summed E-state index contributed by atoms with van der Waals surface area (Å²) in [6.07, 6.45) is 1.16. The number of aromatic hydroxyl groups is 1. The van der Waals surface area contributed by atoms with Gasteiger partial charge in [0.05, 0.1) is 18.2 Å². The van der Waals surface area contributed by atoms with E-state index in [1.807, 2.05) is 31.2 Å². The maximum absolute atomic E-state index is 13.3. The van der Waals surface area contributed by atoms with E-state index in [4.69, 9.17) is 9.47 Å². The number of carbonyl (C=O) groups is 2. The number of halogens is 1. The Labute approximate surface area is 189 Å². The molecule has 0 unspecified atom stereocenters. The molecule has 1 aliphatic heterocycles. The van der Waals surface area contributed by atoms with Crippen LogP contribution in [0.3, 0.4) is 0 Å². The Bertz CT molecular complexity index is 1060. The molecule has 0 bridgehead atoms. The summed E-state index contributed by atoms with van der Waals surface area (Å²) in [7, 11) is 1.62. The number of methoxy groups -OCH3 is 1. The van der Waals surface area contributed by atoms with Crippen molar-refractivity contribution in [2.24, 2.45) is 0 Å². The lowest BCUT2D eigenvalue weighted by Crippen LogP contribution is -2.38. The van der Waals surface area contributed by atoms with Crippen molar-refractivity contribution in [2.45, 2.75) is 38.0 Å². The fourth-order valence-electron chi connectivity index (χ4n) is 4.42. The summed E-state index contributed by atoms with van der Waals surface area (Å²) >= 11 is 3.36. The maximum Gasteiger partial charge on any atom is 0.225 e. The number of allylic oxidation sites excluding steroid dienone is 2. The molecular formula is C24H24BrNO5. The number of ketones is 1. The van der Waals surface area contributed by atoms with E-state index in [1.165, 1.54) is 0 Å². The molecule has 0 aromatic heterocycles. The lowest BCUT2D eigenvalue weighted by atomic mass is 9.73. The van der Waals surface area contributed by atoms with E-state index in [0.29, 0.717) is 40.9 Å². The standard InChI is InChI=1S/C24H24BrNO5/c1-3-31-21-11-15(8-18(25)24(21)29)17-12-22(28)26-19-9-14(10-20(27)23(17)19)13-4-6-16(30-2)7-5-13/h4-8,11,14,17,29H,3,9-10,12H2,1-2H3,(H,26,28)/t14-,17+/m0/s1. The number of Topliss-reactive ketones (excluding diaryl/α,β-unsaturated/α-hetero) is 1. The first kappa shape index (κ1) is 21.4. The Balaban J connectivity index is 1.70. The zero-order valence-corrected chi connectivity index (χ0v) is 19.0. The van der Waals surface area contributed by atoms with Crippen molar-refractivity contribution in [2.75, 3.05) is 13.7 Å². The molecule has 2 aromatic carbocycles. The van der Waals surface area contributed by atoms with Crippen LogP contribution >= 0.6 is 15.9 Å². The Hall–Kier alpha value is -2.80. The van der Waals surface area contributed by atoms with Gasteiger partial charge in [-0.25, -0.2) is 0 Å². The minimum absolute atomic E-state index is 0.00162. The normalized spacial score (nSPS) is 20.9. The second kappa shape index (κ2) is 8.75. The number of hydrogen-bond acceptors (Lipinski definition) is 5. The first-order chi connectivity index (χ1) is 14.9. The Morgan fingerprint density at radius 1 is 1.10 bits per heavy atom. The third kappa shape index (κ3) is 4.19. The van der Waals surface area contributed by atoms with Crippen LogP contribution in [0.4, 0.5) is 0 Å². The topological polar surface area (TPSA) is 84.9 Å². The van der Waals surface area contributed by atoms with Gasteiger partial charge in [0.25, 0.3) is 0 Å². The molecule has 6 nitrogen and oxygen atoms in total. The maximum atomic E-state index is 13.3. The molecule has 0 fully saturated rings. The van der Waals surface area contributed by atoms with E-state index in [0.717, 1.165) is 16.9 Å². The first-order valence-corrected chi connectivity index (χ1v) is 11.1. The van der Waals surface area contributed by atoms with Crippen LogP contribution in [0.15, 0.2) is 52.1 Å². The molecule has 2 atom stereocenters. The Morgan fingerprint density at radius 3 is 2.52 bits per heavy atom. The van der Waals surface area contributed by atoms with Crippen LogP contribution in [0, 0.1) is 0 Å². The predicted octanol–water partition coefficient (Wildman–Crippen LogP) is 4.57. The number of rotatable bonds is 5. The number of amides is 1. The van der Waals surface area contributed by atoms with Crippen LogP contribution in [0.25, 0.3) is 0 Å². The van der Waals surface area contributed by atoms with Crippen molar-refractivity contribution in [3.05, 3.63) is 63.3 Å². The number of carbonyl (C=O) groups excluding carboxylic acids is 2. The van der Waals surface area contributed by atoms with Crippen LogP contribution in [-0.4, -0.2) is 30.5 Å². The van der Waals surface area contributed by atoms with E-state index >= 15 is 0 Å². The minimum Gasteiger partial charge on any atom is -0.503 e. The SMILES string of the molecule is CCOc1cc([C@H]2CC(=O)NC3=C2C(=O)C[C@@H](c2ccc(OC)cc2)C3)cc(Br)c1O. The lowest BCUT2D eigenvalue weighted by molar-refractivity contribution is -0.122. The van der Waals surface area contributed by atoms with Gasteiger partial charge in [0.15, 0.2) is 17.3 Å². The van der Waals surface area contributed by atoms with Gasteiger partial charge in [-0.3, -0.25) is 9.59 Å². The summed E-state index contributed by atoms with van der Waals surface area (Å²) in [5, 5.41) is 13.2. The molecule has 0 radical (unpaired) electrons. The number of benzene rings is 2. The van der Waals surface area contributed by atoms with Crippen LogP contribution in [-0.2, 0) is 9.59 Å². The van der Waals surface area contributed by atoms with Gasteiger partial charge in [0, 0.05) is 30.0 Å². The second-order valence-electron chi connectivity index (χ2n) is 7.78. The Kier molecular flexibility index (Phi) is 6.05. The molecular weight excluding hydrogens is 462 g/mol. The van der Waals surface area contributed by atoms with Gasteiger partial charge in [-0.05, 0) is 70.6 Å². The summed E-state index contributed by atoms with van der Waals surface area (Å²) in [5.74, 6) is 0.656. The average Bonchev–Trinajstić information content (AvgIpc) is 2.76. The third-order valence-corrected chi connectivity index (χ3v) is 6.48. The van der Waals surface area contributed by atoms with E-state index in [-0.39, 0.29) is 35.7 Å². The largest absolute Gasteiger partial charge is 0.503 e. The van der Waals surface area contributed by atoms with Crippen LogP contribution < -0.4 is 14.8 Å². The van der Waals surface area contributed by atoms with Gasteiger partial charge in [-0.1, -0.05) is 12.1 Å². The van der Waals surface area contributed by atoms with Gasteiger partial charge >= 0.3 is 0 Å². The monoisotopic (exact) mass is 485 g/mol. The molecule has 31 heavy (non-hydrogen) atoms. The summed E-state index contributed by atoms with van der Waals surface area (Å²) in [4.78, 5) is 25.8. The molecule has 1 aliphatic carbocycles. The number of ether oxygens (including phenoxy) is 2. The molecule has 2 aromatic rings. The van der Waals surface area contributed by atoms with Crippen LogP contribution in [0.1, 0.15) is 49.1 Å². The number of hydrogen-bond donors (Lipinski definition) is 2. The van der Waals surface area contributed by atoms with Gasteiger partial charge in [0.2, 0.25) is 5.91 Å². The van der Waals surface area contributed by atoms with Crippen molar-refractivity contribution < 1.29 is 24.2 Å². The predicted molar refractivity (Wildman–Crippen MR) is 119 cm³/mol. The van der Waals surface area contributed by atoms with Gasteiger partial charge in [-0.15, -0.1) is 0 Å². The summed E-state index contributed by atoms with van der Waals surface area (Å²) < 4.78 is 11.2. The fourth-order valence-corrected chi connectivity index (χ4v) is 4.88. The fraction of sp³-hybridized carbons (Fsp3) is 0.333. The van der Waals surface area contributed by atoms with Crippen molar-refractivity contribution in [1.82, 2.24) is 5.32 Å². The van der Waals surface area contributed by atoms with Crippen molar-refractivity contribution in [1.29, 1.82) is 0 Å². The third-order valence-electron chi connectivity index (χ3n) is 5.88. The molecule has 2 aliphatic rings. The van der Waals surface area contributed by atoms with E-state index in [1.54, 1.807) is 19.2 Å². The highest BCUT2D eigenvalue weighted by molar-refractivity contribution is 9.10. The van der Waals surface area contributed by atoms with Crippen molar-refractivity contribution in [3.63, 3.8) is 0 Å². The Morgan fingerprint density at radius 2 is 1.84 bits per heavy atom. The minimum atomic E-state index is -0.371. The smallest absolute Gasteiger partial charge is 0.225 e. The summed E-state index contributed by atoms with van der Waals surface area (Å²) in [5.41, 5.74) is 3.17. The van der Waals surface area contributed by atoms with Crippen LogP contribution in [0.5, 0.6) is 17.2 Å². The van der Waals surface area contributed by atoms with E-state index < -0.39 is 0 Å². The first-order valence-electron chi connectivity index (χ1n) is 10.3. The number of phenolic OH excluding ortho intramolecular Hbond substituents is 1. The highest BCUT2D eigenvalue weighted by Gasteiger charge is 2.38. The number of phenols is 1. The molecule has 0 saturated heterocycles. The second-order valence-corrected chi connectivity index (χ2v) is 8.64. The van der Waals surface area contributed by atoms with Gasteiger partial charge in [-0.2, -0.15) is 0 Å². The zero-order valence-electron chi connectivity index (χ0n) is 17.4. The molecule has 1 heterocycles. The summed E-state index contributed by atoms with van der Waals surface area (Å²) in [6, 6.07) is 11.2. The lowest BCUT2D eigenvalue weighted by Gasteiger charge is -2.34. The van der Waals surface area contributed by atoms with E-state index in [9.17, 15) is 14.7 Å². The zero-order chi connectivity index (χ0) is 22.1. The molecule has 0 spiro atoms. The molecule has 7 heteroatoms. The van der Waals surface area contributed by atoms with Crippen molar-refractivity contribution in [3.8, 4) is 17.2 Å². The van der Waals surface area contributed by atoms with Crippen LogP contribution in [0.2, 0.25) is 0 Å². The molecule has 162 valence electrons. The summed E-state index contributed by atoms with van der Waals surface area (Å²) in [6.45, 7) is 2.23. The molecule has 0 saturated carbocycles. The van der Waals surface area contributed by atoms with E-state index in [2.05, 4.69) is 21.2 Å². The molecule has 1 amide bonds. The van der Waals surface area contributed by atoms with Gasteiger partial charge < -0.3 is 19.9 Å². The quantitative estimate of drug-likeness (QED) is 0.647. The number of nitrogens with one attached hydrogen (secondary N) is 1. The highest BCUT2D eigenvalue weighted by atomic mass is 79.9. The molecule has 4 rings (SSSR count). The average molecular weight is 486 g/mol. The van der Waals surface area contributed by atoms with Gasteiger partial charge in [0.1, 0.15) is 5.75 Å².